The third-order valence-corrected chi connectivity index (χ3v) is 9.92. The third kappa shape index (κ3) is 42.8. The highest BCUT2D eigenvalue weighted by atomic mass is 16.6. The average Bonchev–Trinajstić information content (AvgIpc) is 3.15. The Morgan fingerprint density at radius 3 is 1.31 bits per heavy atom. The molecule has 1 unspecified atom stereocenters. The molecule has 1 atom stereocenters. The van der Waals surface area contributed by atoms with Crippen molar-refractivity contribution in [2.24, 2.45) is 0 Å². The first-order chi connectivity index (χ1) is 25.7. The van der Waals surface area contributed by atoms with Gasteiger partial charge in [-0.3, -0.25) is 4.79 Å². The molecule has 0 aliphatic heterocycles. The van der Waals surface area contributed by atoms with Crippen LogP contribution in [0.1, 0.15) is 226 Å². The summed E-state index contributed by atoms with van der Waals surface area (Å²) in [5.41, 5.74) is 0. The molecule has 4 nitrogen and oxygen atoms in total. The Morgan fingerprint density at radius 1 is 0.481 bits per heavy atom. The van der Waals surface area contributed by atoms with Crippen LogP contribution in [0.4, 0.5) is 0 Å². The van der Waals surface area contributed by atoms with Crippen LogP contribution in [0.5, 0.6) is 0 Å². The topological polar surface area (TPSA) is 55.8 Å². The lowest BCUT2D eigenvalue weighted by Gasteiger charge is -2.16. The number of esters is 1. The number of hydrogen-bond acceptors (Lipinski definition) is 4. The van der Waals surface area contributed by atoms with Gasteiger partial charge in [0.1, 0.15) is 6.10 Å². The maximum Gasteiger partial charge on any atom is 0.306 e. The van der Waals surface area contributed by atoms with Gasteiger partial charge in [-0.15, -0.1) is 0 Å². The van der Waals surface area contributed by atoms with Gasteiger partial charge in [0.05, 0.1) is 13.2 Å². The van der Waals surface area contributed by atoms with Gasteiger partial charge < -0.3 is 14.6 Å². The molecule has 0 aliphatic carbocycles. The molecule has 0 aromatic carbocycles. The van der Waals surface area contributed by atoms with E-state index in [9.17, 15) is 9.90 Å². The fourth-order valence-electron chi connectivity index (χ4n) is 6.56. The van der Waals surface area contributed by atoms with Crippen LogP contribution < -0.4 is 0 Å². The van der Waals surface area contributed by atoms with Crippen LogP contribution in [0.15, 0.2) is 48.6 Å². The number of rotatable bonds is 42. The van der Waals surface area contributed by atoms with Crippen molar-refractivity contribution in [1.82, 2.24) is 0 Å². The number of hydrogen-bond donors (Lipinski definition) is 1. The zero-order chi connectivity index (χ0) is 37.7. The van der Waals surface area contributed by atoms with Crippen LogP contribution in [0, 0.1) is 0 Å². The molecule has 0 radical (unpaired) electrons. The number of ether oxygens (including phenoxy) is 2. The summed E-state index contributed by atoms with van der Waals surface area (Å²) in [6, 6.07) is 0. The Kier molecular flexibility index (Phi) is 44.1. The van der Waals surface area contributed by atoms with Gasteiger partial charge in [-0.1, -0.05) is 217 Å². The van der Waals surface area contributed by atoms with Crippen molar-refractivity contribution >= 4 is 5.97 Å². The third-order valence-electron chi connectivity index (χ3n) is 9.92. The predicted octanol–water partition coefficient (Wildman–Crippen LogP) is 15.0. The lowest BCUT2D eigenvalue weighted by molar-refractivity contribution is -0.154. The molecule has 1 N–H and O–H groups in total. The van der Waals surface area contributed by atoms with Crippen molar-refractivity contribution in [3.05, 3.63) is 48.6 Å². The highest BCUT2D eigenvalue weighted by Gasteiger charge is 2.13. The van der Waals surface area contributed by atoms with Gasteiger partial charge in [0.2, 0.25) is 0 Å². The van der Waals surface area contributed by atoms with Gasteiger partial charge in [-0.05, 0) is 51.4 Å². The van der Waals surface area contributed by atoms with E-state index in [1.807, 2.05) is 0 Å². The Morgan fingerprint density at radius 2 is 0.865 bits per heavy atom. The molecule has 0 spiro atoms. The molecule has 0 bridgehead atoms. The summed E-state index contributed by atoms with van der Waals surface area (Å²) in [7, 11) is 0. The number of carbonyl (C=O) groups excluding carboxylic acids is 1. The molecule has 0 aromatic rings. The first kappa shape index (κ1) is 50.4. The SMILES string of the molecule is CC/C=C\C/C=C\C/C=C\C/C=C\CCCCCCCCC(=O)OC(CO)COCCCCCCCCCCCCCCCCCCCCCCC. The highest BCUT2D eigenvalue weighted by molar-refractivity contribution is 5.69. The van der Waals surface area contributed by atoms with Crippen molar-refractivity contribution in [3.63, 3.8) is 0 Å². The minimum atomic E-state index is -0.541. The molecular formula is C48H88O4. The van der Waals surface area contributed by atoms with Crippen LogP contribution in [-0.4, -0.2) is 37.0 Å². The molecule has 0 saturated heterocycles. The molecule has 0 aliphatic rings. The fourth-order valence-corrected chi connectivity index (χ4v) is 6.56. The first-order valence-corrected chi connectivity index (χ1v) is 22.7. The Labute approximate surface area is 324 Å². The Bertz CT molecular complexity index is 813. The molecule has 0 amide bonds. The Balaban J connectivity index is 3.42. The Hall–Kier alpha value is -1.65. The predicted molar refractivity (Wildman–Crippen MR) is 228 cm³/mol. The quantitative estimate of drug-likeness (QED) is 0.0386. The van der Waals surface area contributed by atoms with Gasteiger partial charge in [0.25, 0.3) is 0 Å². The maximum atomic E-state index is 12.2. The molecule has 304 valence electrons. The van der Waals surface area contributed by atoms with Crippen molar-refractivity contribution in [1.29, 1.82) is 0 Å². The molecule has 0 rings (SSSR count). The zero-order valence-corrected chi connectivity index (χ0v) is 34.8. The number of aliphatic hydroxyl groups is 1. The lowest BCUT2D eigenvalue weighted by atomic mass is 10.0. The smallest absolute Gasteiger partial charge is 0.306 e. The van der Waals surface area contributed by atoms with Gasteiger partial charge in [0.15, 0.2) is 0 Å². The van der Waals surface area contributed by atoms with E-state index >= 15 is 0 Å². The van der Waals surface area contributed by atoms with E-state index in [2.05, 4.69) is 62.5 Å². The number of aliphatic hydroxyl groups excluding tert-OH is 1. The first-order valence-electron chi connectivity index (χ1n) is 22.7. The van der Waals surface area contributed by atoms with Crippen LogP contribution in [0.3, 0.4) is 0 Å². The van der Waals surface area contributed by atoms with Crippen LogP contribution in [0.2, 0.25) is 0 Å². The lowest BCUT2D eigenvalue weighted by Crippen LogP contribution is -2.27. The minimum Gasteiger partial charge on any atom is -0.457 e. The van der Waals surface area contributed by atoms with E-state index in [-0.39, 0.29) is 12.6 Å². The van der Waals surface area contributed by atoms with Gasteiger partial charge in [0, 0.05) is 13.0 Å². The van der Waals surface area contributed by atoms with Crippen molar-refractivity contribution < 1.29 is 19.4 Å². The minimum absolute atomic E-state index is 0.176. The van der Waals surface area contributed by atoms with Crippen LogP contribution in [0.25, 0.3) is 0 Å². The molecule has 4 heteroatoms. The summed E-state index contributed by atoms with van der Waals surface area (Å²) in [5, 5.41) is 9.62. The standard InChI is InChI=1S/C48H88O4/c1-3-5-7-9-11-13-15-17-19-21-23-24-26-28-30-32-34-36-38-40-42-44-51-46-47(45-49)52-48(50)43-41-39-37-35-33-31-29-27-25-22-20-18-16-14-12-10-8-6-4-2/h6,8,12,14,18,20,25,27,47,49H,3-5,7,9-11,13,15-17,19,21-24,26,28-46H2,1-2H3/b8-6-,14-12-,20-18-,27-25-. The summed E-state index contributed by atoms with van der Waals surface area (Å²) in [6.07, 6.45) is 59.0. The second kappa shape index (κ2) is 45.5. The summed E-state index contributed by atoms with van der Waals surface area (Å²) in [5.74, 6) is -0.212. The van der Waals surface area contributed by atoms with E-state index < -0.39 is 6.10 Å². The summed E-state index contributed by atoms with van der Waals surface area (Å²) >= 11 is 0. The van der Waals surface area contributed by atoms with E-state index in [1.165, 1.54) is 148 Å². The van der Waals surface area contributed by atoms with Crippen LogP contribution >= 0.6 is 0 Å². The van der Waals surface area contributed by atoms with E-state index in [4.69, 9.17) is 9.47 Å². The van der Waals surface area contributed by atoms with Gasteiger partial charge in [-0.25, -0.2) is 0 Å². The number of unbranched alkanes of at least 4 members (excludes halogenated alkanes) is 26. The van der Waals surface area contributed by atoms with Crippen LogP contribution in [-0.2, 0) is 14.3 Å². The molecule has 0 saturated carbocycles. The fraction of sp³-hybridized carbons (Fsp3) is 0.812. The molecule has 0 heterocycles. The second-order valence-corrected chi connectivity index (χ2v) is 15.1. The summed E-state index contributed by atoms with van der Waals surface area (Å²) in [4.78, 5) is 12.2. The molecule has 0 aromatic heterocycles. The summed E-state index contributed by atoms with van der Waals surface area (Å²) in [6.45, 7) is 5.25. The van der Waals surface area contributed by atoms with Crippen molar-refractivity contribution in [3.8, 4) is 0 Å². The number of allylic oxidation sites excluding steroid dienone is 8. The van der Waals surface area contributed by atoms with E-state index in [0.717, 1.165) is 57.8 Å². The normalized spacial score (nSPS) is 12.8. The number of carbonyl (C=O) groups is 1. The van der Waals surface area contributed by atoms with E-state index in [0.29, 0.717) is 19.6 Å². The maximum absolute atomic E-state index is 12.2. The van der Waals surface area contributed by atoms with Crippen molar-refractivity contribution in [2.45, 2.75) is 232 Å². The highest BCUT2D eigenvalue weighted by Crippen LogP contribution is 2.15. The largest absolute Gasteiger partial charge is 0.457 e. The van der Waals surface area contributed by atoms with Gasteiger partial charge >= 0.3 is 5.97 Å². The second-order valence-electron chi connectivity index (χ2n) is 15.1. The average molecular weight is 729 g/mol. The molecular weight excluding hydrogens is 641 g/mol. The van der Waals surface area contributed by atoms with Gasteiger partial charge in [-0.2, -0.15) is 0 Å². The van der Waals surface area contributed by atoms with E-state index in [1.54, 1.807) is 0 Å². The molecule has 52 heavy (non-hydrogen) atoms. The molecule has 0 fully saturated rings. The zero-order valence-electron chi connectivity index (χ0n) is 34.8. The van der Waals surface area contributed by atoms with Crippen molar-refractivity contribution in [2.75, 3.05) is 19.8 Å². The summed E-state index contributed by atoms with van der Waals surface area (Å²) < 4.78 is 11.2. The monoisotopic (exact) mass is 729 g/mol.